The predicted octanol–water partition coefficient (Wildman–Crippen LogP) is 3.98. The van der Waals surface area contributed by atoms with E-state index in [9.17, 15) is 4.79 Å². The van der Waals surface area contributed by atoms with Gasteiger partial charge in [0.15, 0.2) is 0 Å². The number of carbonyl (C=O) groups excluding carboxylic acids is 1. The van der Waals surface area contributed by atoms with E-state index in [1.165, 1.54) is 17.7 Å². The summed E-state index contributed by atoms with van der Waals surface area (Å²) < 4.78 is 0. The largest absolute Gasteiger partial charge is 0.343 e. The van der Waals surface area contributed by atoms with Crippen LogP contribution < -0.4 is 10.2 Å². The van der Waals surface area contributed by atoms with E-state index in [1.807, 2.05) is 18.2 Å². The minimum absolute atomic E-state index is 0.0282. The van der Waals surface area contributed by atoms with Crippen molar-refractivity contribution in [3.05, 3.63) is 65.2 Å². The number of anilines is 1. The molecule has 2 atom stereocenters. The van der Waals surface area contributed by atoms with Crippen molar-refractivity contribution in [2.45, 2.75) is 50.2 Å². The van der Waals surface area contributed by atoms with Gasteiger partial charge >= 0.3 is 0 Å². The Morgan fingerprint density at radius 3 is 2.67 bits per heavy atom. The molecule has 0 saturated heterocycles. The van der Waals surface area contributed by atoms with E-state index in [1.54, 1.807) is 0 Å². The van der Waals surface area contributed by atoms with Crippen molar-refractivity contribution in [1.82, 2.24) is 5.32 Å². The highest BCUT2D eigenvalue weighted by Gasteiger charge is 2.61. The third-order valence-electron chi connectivity index (χ3n) is 6.54. The van der Waals surface area contributed by atoms with Crippen LogP contribution in [0, 0.1) is 0 Å². The maximum absolute atomic E-state index is 13.1. The molecule has 0 radical (unpaired) electrons. The van der Waals surface area contributed by atoms with Crippen LogP contribution in [0.1, 0.15) is 54.1 Å². The fourth-order valence-corrected chi connectivity index (χ4v) is 5.31. The Kier molecular flexibility index (Phi) is 2.71. The van der Waals surface area contributed by atoms with Crippen LogP contribution in [0.5, 0.6) is 0 Å². The number of hydrogen-bond donors (Lipinski definition) is 1. The number of amides is 1. The molecule has 1 aliphatic carbocycles. The summed E-state index contributed by atoms with van der Waals surface area (Å²) in [6.45, 7) is 3.14. The lowest BCUT2D eigenvalue weighted by molar-refractivity contribution is 0.0765. The molecule has 2 aromatic rings. The van der Waals surface area contributed by atoms with E-state index in [2.05, 4.69) is 47.5 Å². The summed E-state index contributed by atoms with van der Waals surface area (Å²) in [5.41, 5.74) is 4.30. The van der Waals surface area contributed by atoms with E-state index in [-0.39, 0.29) is 17.0 Å². The van der Waals surface area contributed by atoms with Crippen molar-refractivity contribution < 1.29 is 4.79 Å². The van der Waals surface area contributed by atoms with Crippen LogP contribution in [-0.4, -0.2) is 11.6 Å². The summed E-state index contributed by atoms with van der Waals surface area (Å²) in [6.07, 6.45) is 4.52. The average molecular weight is 318 g/mol. The molecule has 1 amide bonds. The fourth-order valence-electron chi connectivity index (χ4n) is 5.31. The smallest absolute Gasteiger partial charge is 0.253 e. The molecule has 3 heteroatoms. The van der Waals surface area contributed by atoms with Gasteiger partial charge in [-0.2, -0.15) is 0 Å². The van der Waals surface area contributed by atoms with E-state index in [0.717, 1.165) is 36.9 Å². The van der Waals surface area contributed by atoms with Gasteiger partial charge in [0.2, 0.25) is 0 Å². The minimum Gasteiger partial charge on any atom is -0.343 e. The van der Waals surface area contributed by atoms with Crippen LogP contribution in [0.15, 0.2) is 48.5 Å². The summed E-state index contributed by atoms with van der Waals surface area (Å²) in [5, 5.41) is 3.49. The molecule has 3 aliphatic rings. The lowest BCUT2D eigenvalue weighted by Gasteiger charge is -2.51. The maximum atomic E-state index is 13.1. The van der Waals surface area contributed by atoms with Crippen LogP contribution in [-0.2, 0) is 12.0 Å². The summed E-state index contributed by atoms with van der Waals surface area (Å²) in [5.74, 6) is 0.0778. The maximum Gasteiger partial charge on any atom is 0.253 e. The molecule has 24 heavy (non-hydrogen) atoms. The lowest BCUT2D eigenvalue weighted by atomic mass is 9.65. The second kappa shape index (κ2) is 4.62. The summed E-state index contributed by atoms with van der Waals surface area (Å²) in [6, 6.07) is 16.8. The van der Waals surface area contributed by atoms with Gasteiger partial charge in [-0.3, -0.25) is 4.79 Å². The Bertz CT molecular complexity index is 845. The van der Waals surface area contributed by atoms with Gasteiger partial charge in [0.05, 0.1) is 0 Å². The molecule has 122 valence electrons. The summed E-state index contributed by atoms with van der Waals surface area (Å²) in [4.78, 5) is 15.5. The zero-order valence-corrected chi connectivity index (χ0v) is 14.0. The van der Waals surface area contributed by atoms with Crippen LogP contribution >= 0.6 is 0 Å². The number of rotatable bonds is 0. The molecule has 2 heterocycles. The molecule has 3 nitrogen and oxygen atoms in total. The normalized spacial score (nSPS) is 30.5. The molecule has 1 spiro atoms. The van der Waals surface area contributed by atoms with E-state index in [4.69, 9.17) is 0 Å². The zero-order chi connectivity index (χ0) is 16.4. The monoisotopic (exact) mass is 318 g/mol. The number of nitrogens with one attached hydrogen (secondary N) is 1. The highest BCUT2D eigenvalue weighted by Crippen LogP contribution is 2.58. The fraction of sp³-hybridized carbons (Fsp3) is 0.381. The molecule has 1 saturated carbocycles. The third kappa shape index (κ3) is 1.55. The predicted molar refractivity (Wildman–Crippen MR) is 95.1 cm³/mol. The summed E-state index contributed by atoms with van der Waals surface area (Å²) in [7, 11) is 0. The SMILES string of the molecule is C[C@@]12CCCC[C@@]13NC(=O)c1ccccc1CN3c1ccccc12. The van der Waals surface area contributed by atoms with Crippen molar-refractivity contribution in [3.8, 4) is 0 Å². The van der Waals surface area contributed by atoms with Gasteiger partial charge in [-0.25, -0.2) is 0 Å². The second-order valence-electron chi connectivity index (χ2n) is 7.61. The first kappa shape index (κ1) is 14.1. The first-order valence-corrected chi connectivity index (χ1v) is 8.93. The first-order chi connectivity index (χ1) is 11.7. The number of para-hydroxylation sites is 1. The second-order valence-corrected chi connectivity index (χ2v) is 7.61. The van der Waals surface area contributed by atoms with Crippen molar-refractivity contribution in [3.63, 3.8) is 0 Å². The van der Waals surface area contributed by atoms with Crippen LogP contribution in [0.25, 0.3) is 0 Å². The number of benzene rings is 2. The van der Waals surface area contributed by atoms with Crippen LogP contribution in [0.2, 0.25) is 0 Å². The molecular weight excluding hydrogens is 296 g/mol. The molecule has 0 bridgehead atoms. The highest BCUT2D eigenvalue weighted by molar-refractivity contribution is 5.98. The quantitative estimate of drug-likeness (QED) is 0.797. The first-order valence-electron chi connectivity index (χ1n) is 8.93. The number of carbonyl (C=O) groups is 1. The minimum atomic E-state index is -0.301. The Morgan fingerprint density at radius 1 is 1.00 bits per heavy atom. The average Bonchev–Trinajstić information content (AvgIpc) is 2.73. The van der Waals surface area contributed by atoms with E-state index in [0.29, 0.717) is 0 Å². The Morgan fingerprint density at radius 2 is 1.75 bits per heavy atom. The number of nitrogens with zero attached hydrogens (tertiary/aromatic N) is 1. The Labute approximate surface area is 142 Å². The van der Waals surface area contributed by atoms with Crippen LogP contribution in [0.4, 0.5) is 5.69 Å². The van der Waals surface area contributed by atoms with Gasteiger partial charge in [-0.15, -0.1) is 0 Å². The molecule has 0 aromatic heterocycles. The van der Waals surface area contributed by atoms with Gasteiger partial charge in [0.1, 0.15) is 5.66 Å². The standard InChI is InChI=1S/C21H22N2O/c1-20-12-6-7-13-21(20)22-19(24)16-9-3-2-8-15(16)14-23(21)18-11-5-4-10-17(18)20/h2-5,8-11H,6-7,12-14H2,1H3,(H,22,24)/t20-,21-/m0/s1. The van der Waals surface area contributed by atoms with Gasteiger partial charge < -0.3 is 10.2 Å². The Balaban J connectivity index is 1.77. The molecular formula is C21H22N2O. The van der Waals surface area contributed by atoms with Crippen molar-refractivity contribution in [2.75, 3.05) is 4.90 Å². The zero-order valence-electron chi connectivity index (χ0n) is 14.0. The molecule has 5 rings (SSSR count). The summed E-state index contributed by atoms with van der Waals surface area (Å²) >= 11 is 0. The highest BCUT2D eigenvalue weighted by atomic mass is 16.2. The van der Waals surface area contributed by atoms with Gasteiger partial charge in [0, 0.05) is 23.2 Å². The van der Waals surface area contributed by atoms with Gasteiger partial charge in [-0.05, 0) is 42.5 Å². The van der Waals surface area contributed by atoms with Crippen molar-refractivity contribution in [2.24, 2.45) is 0 Å². The molecule has 2 aromatic carbocycles. The molecule has 0 unspecified atom stereocenters. The third-order valence-corrected chi connectivity index (χ3v) is 6.54. The number of hydrogen-bond acceptors (Lipinski definition) is 2. The topological polar surface area (TPSA) is 32.3 Å². The van der Waals surface area contributed by atoms with Crippen molar-refractivity contribution in [1.29, 1.82) is 0 Å². The van der Waals surface area contributed by atoms with E-state index >= 15 is 0 Å². The van der Waals surface area contributed by atoms with Gasteiger partial charge in [-0.1, -0.05) is 49.7 Å². The molecule has 2 aliphatic heterocycles. The Hall–Kier alpha value is -2.29. The molecule has 1 N–H and O–H groups in total. The number of fused-ring (bicyclic) bond motifs is 4. The van der Waals surface area contributed by atoms with E-state index < -0.39 is 0 Å². The van der Waals surface area contributed by atoms with Crippen molar-refractivity contribution >= 4 is 11.6 Å². The van der Waals surface area contributed by atoms with Gasteiger partial charge in [0.25, 0.3) is 5.91 Å². The lowest BCUT2D eigenvalue weighted by Crippen LogP contribution is -2.67. The molecule has 1 fully saturated rings. The van der Waals surface area contributed by atoms with Crippen LogP contribution in [0.3, 0.4) is 0 Å².